The third-order valence-corrected chi connectivity index (χ3v) is 4.80. The van der Waals surface area contributed by atoms with Gasteiger partial charge in [0.25, 0.3) is 5.91 Å². The van der Waals surface area contributed by atoms with Crippen molar-refractivity contribution >= 4 is 18.2 Å². The molecule has 0 radical (unpaired) electrons. The Morgan fingerprint density at radius 2 is 1.77 bits per heavy atom. The van der Waals surface area contributed by atoms with Gasteiger partial charge in [-0.05, 0) is 29.7 Å². The van der Waals surface area contributed by atoms with Crippen LogP contribution in [0.25, 0.3) is 11.1 Å². The number of hydroxylamine groups is 2. The van der Waals surface area contributed by atoms with E-state index in [4.69, 9.17) is 0 Å². The topological polar surface area (TPSA) is 98.7 Å². The largest absolute Gasteiger partial charge is 0.338 e. The molecule has 0 fully saturated rings. The van der Waals surface area contributed by atoms with E-state index in [0.29, 0.717) is 17.0 Å². The van der Waals surface area contributed by atoms with E-state index in [9.17, 15) is 19.6 Å². The Balaban J connectivity index is 1.90. The Labute approximate surface area is 177 Å². The molecule has 0 saturated carbocycles. The fourth-order valence-corrected chi connectivity index (χ4v) is 3.14. The standard InChI is InChI=1S/C23H29N3O4/c1-2-3-5-11-21(15-26(30)17-27)23(29)25-16-24-22(28)20-13-8-12-19(14-20)18-9-6-4-7-10-18/h4,6-10,12-14,17,21,30H,2-3,5,11,15-16H2,1H3,(H,24,28)(H,25,29)/t21-/m1/s1. The van der Waals surface area contributed by atoms with Gasteiger partial charge in [-0.1, -0.05) is 68.7 Å². The monoisotopic (exact) mass is 411 g/mol. The van der Waals surface area contributed by atoms with E-state index in [-0.39, 0.29) is 31.4 Å². The molecule has 7 heteroatoms. The Morgan fingerprint density at radius 3 is 2.47 bits per heavy atom. The average Bonchev–Trinajstić information content (AvgIpc) is 2.78. The highest BCUT2D eigenvalue weighted by molar-refractivity contribution is 5.95. The van der Waals surface area contributed by atoms with E-state index >= 15 is 0 Å². The summed E-state index contributed by atoms with van der Waals surface area (Å²) in [6, 6.07) is 17.0. The van der Waals surface area contributed by atoms with E-state index in [2.05, 4.69) is 17.6 Å². The van der Waals surface area contributed by atoms with Crippen LogP contribution in [-0.4, -0.2) is 41.7 Å². The maximum Gasteiger partial charge on any atom is 0.252 e. The van der Waals surface area contributed by atoms with E-state index in [0.717, 1.165) is 30.4 Å². The number of amides is 3. The Kier molecular flexibility index (Phi) is 9.54. The van der Waals surface area contributed by atoms with Gasteiger partial charge in [-0.2, -0.15) is 0 Å². The van der Waals surface area contributed by atoms with Crippen molar-refractivity contribution in [1.82, 2.24) is 15.7 Å². The highest BCUT2D eigenvalue weighted by Crippen LogP contribution is 2.20. The second-order valence-electron chi connectivity index (χ2n) is 7.09. The van der Waals surface area contributed by atoms with Crippen molar-refractivity contribution in [1.29, 1.82) is 0 Å². The number of benzene rings is 2. The molecule has 0 saturated heterocycles. The molecule has 2 rings (SSSR count). The van der Waals surface area contributed by atoms with Crippen LogP contribution in [0, 0.1) is 5.92 Å². The first-order valence-corrected chi connectivity index (χ1v) is 10.2. The Bertz CT molecular complexity index is 826. The summed E-state index contributed by atoms with van der Waals surface area (Å²) in [5.74, 6) is -1.15. The summed E-state index contributed by atoms with van der Waals surface area (Å²) in [6.45, 7) is 1.94. The molecule has 2 aromatic rings. The molecule has 0 aliphatic carbocycles. The number of hydrogen-bond acceptors (Lipinski definition) is 4. The van der Waals surface area contributed by atoms with Crippen LogP contribution in [0.4, 0.5) is 0 Å². The van der Waals surface area contributed by atoms with Gasteiger partial charge in [0, 0.05) is 5.56 Å². The summed E-state index contributed by atoms with van der Waals surface area (Å²) in [5.41, 5.74) is 2.44. The van der Waals surface area contributed by atoms with Crippen LogP contribution in [0.15, 0.2) is 54.6 Å². The molecule has 0 aliphatic heterocycles. The first-order valence-electron chi connectivity index (χ1n) is 10.2. The summed E-state index contributed by atoms with van der Waals surface area (Å²) in [4.78, 5) is 35.6. The fraction of sp³-hybridized carbons (Fsp3) is 0.348. The van der Waals surface area contributed by atoms with Gasteiger partial charge in [-0.3, -0.25) is 19.6 Å². The van der Waals surface area contributed by atoms with E-state index < -0.39 is 5.92 Å². The quantitative estimate of drug-likeness (QED) is 0.164. The van der Waals surface area contributed by atoms with Crippen LogP contribution in [0.3, 0.4) is 0 Å². The zero-order valence-corrected chi connectivity index (χ0v) is 17.2. The Morgan fingerprint density at radius 1 is 1.03 bits per heavy atom. The first kappa shape index (κ1) is 23.1. The minimum Gasteiger partial charge on any atom is -0.338 e. The number of rotatable bonds is 12. The van der Waals surface area contributed by atoms with Crippen LogP contribution >= 0.6 is 0 Å². The molecule has 3 amide bonds. The van der Waals surface area contributed by atoms with Crippen LogP contribution in [0.1, 0.15) is 43.0 Å². The lowest BCUT2D eigenvalue weighted by Crippen LogP contribution is -2.43. The van der Waals surface area contributed by atoms with Gasteiger partial charge in [0.2, 0.25) is 12.3 Å². The third-order valence-electron chi connectivity index (χ3n) is 4.80. The maximum absolute atomic E-state index is 12.5. The van der Waals surface area contributed by atoms with Gasteiger partial charge in [0.1, 0.15) is 0 Å². The average molecular weight is 412 g/mol. The van der Waals surface area contributed by atoms with E-state index in [1.54, 1.807) is 12.1 Å². The lowest BCUT2D eigenvalue weighted by Gasteiger charge is -2.19. The molecular formula is C23H29N3O4. The molecule has 30 heavy (non-hydrogen) atoms. The van der Waals surface area contributed by atoms with Crippen LogP contribution in [0.2, 0.25) is 0 Å². The lowest BCUT2D eigenvalue weighted by atomic mass is 10.0. The zero-order chi connectivity index (χ0) is 21.8. The van der Waals surface area contributed by atoms with E-state index in [1.165, 1.54) is 0 Å². The summed E-state index contributed by atoms with van der Waals surface area (Å²) >= 11 is 0. The van der Waals surface area contributed by atoms with Gasteiger partial charge in [-0.25, -0.2) is 5.06 Å². The minimum absolute atomic E-state index is 0.0377. The van der Waals surface area contributed by atoms with Crippen molar-refractivity contribution in [3.05, 3.63) is 60.2 Å². The number of unbranched alkanes of at least 4 members (excludes halogenated alkanes) is 2. The smallest absolute Gasteiger partial charge is 0.252 e. The van der Waals surface area contributed by atoms with Crippen molar-refractivity contribution in [3.8, 4) is 11.1 Å². The second-order valence-corrected chi connectivity index (χ2v) is 7.09. The van der Waals surface area contributed by atoms with Crippen molar-refractivity contribution in [2.45, 2.75) is 32.6 Å². The van der Waals surface area contributed by atoms with Crippen molar-refractivity contribution in [2.24, 2.45) is 5.92 Å². The molecule has 0 heterocycles. The van der Waals surface area contributed by atoms with Gasteiger partial charge in [0.15, 0.2) is 0 Å². The van der Waals surface area contributed by atoms with Gasteiger partial charge >= 0.3 is 0 Å². The second kappa shape index (κ2) is 12.4. The van der Waals surface area contributed by atoms with Crippen LogP contribution in [0.5, 0.6) is 0 Å². The number of carbonyl (C=O) groups excluding carboxylic acids is 3. The predicted molar refractivity (Wildman–Crippen MR) is 115 cm³/mol. The molecule has 0 spiro atoms. The summed E-state index contributed by atoms with van der Waals surface area (Å²) in [7, 11) is 0. The molecule has 3 N–H and O–H groups in total. The summed E-state index contributed by atoms with van der Waals surface area (Å²) in [5, 5.41) is 15.3. The number of nitrogens with zero attached hydrogens (tertiary/aromatic N) is 1. The van der Waals surface area contributed by atoms with Crippen molar-refractivity contribution < 1.29 is 19.6 Å². The normalized spacial score (nSPS) is 11.4. The third kappa shape index (κ3) is 7.33. The van der Waals surface area contributed by atoms with Crippen LogP contribution in [-0.2, 0) is 9.59 Å². The maximum atomic E-state index is 12.5. The minimum atomic E-state index is -0.537. The van der Waals surface area contributed by atoms with Gasteiger partial charge < -0.3 is 10.6 Å². The molecule has 0 unspecified atom stereocenters. The van der Waals surface area contributed by atoms with E-state index in [1.807, 2.05) is 42.5 Å². The van der Waals surface area contributed by atoms with Gasteiger partial charge in [-0.15, -0.1) is 0 Å². The SMILES string of the molecule is CCCCC[C@H](CN(O)C=O)C(=O)NCNC(=O)c1cccc(-c2ccccc2)c1. The zero-order valence-electron chi connectivity index (χ0n) is 17.2. The van der Waals surface area contributed by atoms with Crippen LogP contribution < -0.4 is 10.6 Å². The summed E-state index contributed by atoms with van der Waals surface area (Å²) < 4.78 is 0. The summed E-state index contributed by atoms with van der Waals surface area (Å²) in [6.07, 6.45) is 3.62. The van der Waals surface area contributed by atoms with Crippen molar-refractivity contribution in [2.75, 3.05) is 13.2 Å². The molecule has 0 aromatic heterocycles. The number of carbonyl (C=O) groups is 3. The highest BCUT2D eigenvalue weighted by atomic mass is 16.5. The number of hydrogen-bond donors (Lipinski definition) is 3. The lowest BCUT2D eigenvalue weighted by molar-refractivity contribution is -0.154. The molecular weight excluding hydrogens is 382 g/mol. The Hall–Kier alpha value is -3.19. The highest BCUT2D eigenvalue weighted by Gasteiger charge is 2.20. The molecule has 7 nitrogen and oxygen atoms in total. The molecule has 0 bridgehead atoms. The molecule has 0 aliphatic rings. The molecule has 1 atom stereocenters. The predicted octanol–water partition coefficient (Wildman–Crippen LogP) is 3.20. The van der Waals surface area contributed by atoms with Crippen molar-refractivity contribution in [3.63, 3.8) is 0 Å². The first-order chi connectivity index (χ1) is 14.5. The fourth-order valence-electron chi connectivity index (χ4n) is 3.14. The van der Waals surface area contributed by atoms with Gasteiger partial charge in [0.05, 0.1) is 19.1 Å². The molecule has 160 valence electrons. The number of nitrogens with one attached hydrogen (secondary N) is 2. The molecule has 2 aromatic carbocycles.